The van der Waals surface area contributed by atoms with Crippen LogP contribution in [-0.2, 0) is 13.1 Å². The molecule has 0 aromatic carbocycles. The maximum absolute atomic E-state index is 5.19. The molecule has 2 aromatic rings. The molecule has 16 heavy (non-hydrogen) atoms. The van der Waals surface area contributed by atoms with Crippen LogP contribution in [0.5, 0.6) is 0 Å². The molecule has 0 atom stereocenters. The van der Waals surface area contributed by atoms with Crippen LogP contribution in [0.3, 0.4) is 0 Å². The molecule has 0 aliphatic carbocycles. The number of hydrogen-bond donors (Lipinski definition) is 1. The molecule has 3 nitrogen and oxygen atoms in total. The average Bonchev–Trinajstić information content (AvgIpc) is 2.72. The van der Waals surface area contributed by atoms with Crippen LogP contribution in [0.15, 0.2) is 47.3 Å². The Kier molecular flexibility index (Phi) is 8.15. The van der Waals surface area contributed by atoms with Crippen molar-refractivity contribution in [1.29, 1.82) is 0 Å². The predicted octanol–water partition coefficient (Wildman–Crippen LogP) is 3.12. The van der Waals surface area contributed by atoms with E-state index in [4.69, 9.17) is 4.42 Å². The van der Waals surface area contributed by atoms with Gasteiger partial charge in [0.2, 0.25) is 0 Å². The van der Waals surface area contributed by atoms with Crippen LogP contribution >= 0.6 is 34.0 Å². The third kappa shape index (κ3) is 4.92. The first-order chi connectivity index (χ1) is 6.95. The normalized spacial score (nSPS) is 9.00. The minimum absolute atomic E-state index is 0. The molecular formula is C11H14Br2N2O. The molecule has 2 heterocycles. The number of rotatable bonds is 4. The summed E-state index contributed by atoms with van der Waals surface area (Å²) in [6.07, 6.45) is 5.31. The molecule has 0 unspecified atom stereocenters. The van der Waals surface area contributed by atoms with E-state index in [1.807, 2.05) is 30.5 Å². The molecule has 0 fully saturated rings. The highest BCUT2D eigenvalue weighted by Crippen LogP contribution is 2.00. The summed E-state index contributed by atoms with van der Waals surface area (Å²) in [5, 5.41) is 3.27. The highest BCUT2D eigenvalue weighted by Gasteiger charge is 1.95. The second kappa shape index (κ2) is 8.50. The highest BCUT2D eigenvalue weighted by molar-refractivity contribution is 8.93. The van der Waals surface area contributed by atoms with Gasteiger partial charge in [-0.3, -0.25) is 4.98 Å². The Morgan fingerprint density at radius 3 is 2.62 bits per heavy atom. The average molecular weight is 350 g/mol. The quantitative estimate of drug-likeness (QED) is 0.921. The van der Waals surface area contributed by atoms with Gasteiger partial charge in [-0.05, 0) is 23.8 Å². The smallest absolute Gasteiger partial charge is 0.117 e. The van der Waals surface area contributed by atoms with Crippen LogP contribution in [0.4, 0.5) is 0 Å². The maximum Gasteiger partial charge on any atom is 0.117 e. The van der Waals surface area contributed by atoms with E-state index in [-0.39, 0.29) is 34.0 Å². The standard InChI is InChI=1S/C11H12N2O.2BrH/c1-3-10(7-12-5-1)8-13-9-11-4-2-6-14-11;;/h1-7,13H,8-9H2;2*1H. The Morgan fingerprint density at radius 2 is 2.00 bits per heavy atom. The first-order valence-electron chi connectivity index (χ1n) is 4.57. The van der Waals surface area contributed by atoms with E-state index in [0.717, 1.165) is 18.8 Å². The van der Waals surface area contributed by atoms with E-state index in [2.05, 4.69) is 10.3 Å². The second-order valence-corrected chi connectivity index (χ2v) is 3.04. The summed E-state index contributed by atoms with van der Waals surface area (Å²) in [4.78, 5) is 4.04. The largest absolute Gasteiger partial charge is 0.468 e. The van der Waals surface area contributed by atoms with Gasteiger partial charge in [-0.25, -0.2) is 0 Å². The number of furan rings is 1. The third-order valence-electron chi connectivity index (χ3n) is 1.93. The summed E-state index contributed by atoms with van der Waals surface area (Å²) in [7, 11) is 0. The zero-order valence-corrected chi connectivity index (χ0v) is 12.1. The lowest BCUT2D eigenvalue weighted by molar-refractivity contribution is 0.483. The molecule has 0 radical (unpaired) electrons. The van der Waals surface area contributed by atoms with Crippen molar-refractivity contribution in [2.24, 2.45) is 0 Å². The van der Waals surface area contributed by atoms with Gasteiger partial charge in [-0.15, -0.1) is 34.0 Å². The maximum atomic E-state index is 5.19. The van der Waals surface area contributed by atoms with Gasteiger partial charge in [0.1, 0.15) is 5.76 Å². The van der Waals surface area contributed by atoms with Crippen molar-refractivity contribution < 1.29 is 4.42 Å². The van der Waals surface area contributed by atoms with Gasteiger partial charge in [-0.2, -0.15) is 0 Å². The first kappa shape index (κ1) is 15.3. The molecule has 0 saturated carbocycles. The zero-order chi connectivity index (χ0) is 9.64. The Balaban J connectivity index is 0.00000112. The van der Waals surface area contributed by atoms with Crippen LogP contribution in [0, 0.1) is 0 Å². The lowest BCUT2D eigenvalue weighted by atomic mass is 10.3. The van der Waals surface area contributed by atoms with Crippen molar-refractivity contribution in [2.75, 3.05) is 0 Å². The SMILES string of the molecule is Br.Br.c1cncc(CNCc2ccco2)c1. The fraction of sp³-hybridized carbons (Fsp3) is 0.182. The molecule has 0 bridgehead atoms. The van der Waals surface area contributed by atoms with Crippen LogP contribution < -0.4 is 5.32 Å². The molecule has 0 spiro atoms. The monoisotopic (exact) mass is 348 g/mol. The third-order valence-corrected chi connectivity index (χ3v) is 1.93. The Morgan fingerprint density at radius 1 is 1.12 bits per heavy atom. The fourth-order valence-corrected chi connectivity index (χ4v) is 1.25. The molecular weight excluding hydrogens is 336 g/mol. The molecule has 2 aromatic heterocycles. The number of pyridine rings is 1. The summed E-state index contributed by atoms with van der Waals surface area (Å²) in [5.41, 5.74) is 1.18. The molecule has 0 saturated heterocycles. The van der Waals surface area contributed by atoms with Gasteiger partial charge in [0.05, 0.1) is 12.8 Å². The van der Waals surface area contributed by atoms with Crippen molar-refractivity contribution >= 4 is 34.0 Å². The van der Waals surface area contributed by atoms with Gasteiger partial charge in [0, 0.05) is 18.9 Å². The summed E-state index contributed by atoms with van der Waals surface area (Å²) in [5.74, 6) is 0.953. The Bertz CT molecular complexity index is 365. The van der Waals surface area contributed by atoms with Gasteiger partial charge < -0.3 is 9.73 Å². The number of nitrogens with zero attached hydrogens (tertiary/aromatic N) is 1. The van der Waals surface area contributed by atoms with E-state index in [1.165, 1.54) is 5.56 Å². The zero-order valence-electron chi connectivity index (χ0n) is 8.63. The van der Waals surface area contributed by atoms with Gasteiger partial charge in [0.15, 0.2) is 0 Å². The van der Waals surface area contributed by atoms with E-state index in [0.29, 0.717) is 0 Å². The van der Waals surface area contributed by atoms with Crippen LogP contribution in [0.2, 0.25) is 0 Å². The van der Waals surface area contributed by atoms with E-state index >= 15 is 0 Å². The highest BCUT2D eigenvalue weighted by atomic mass is 79.9. The minimum atomic E-state index is 0. The minimum Gasteiger partial charge on any atom is -0.468 e. The topological polar surface area (TPSA) is 38.1 Å². The first-order valence-corrected chi connectivity index (χ1v) is 4.57. The predicted molar refractivity (Wildman–Crippen MR) is 74.1 cm³/mol. The van der Waals surface area contributed by atoms with E-state index in [1.54, 1.807) is 12.5 Å². The lowest BCUT2D eigenvalue weighted by Gasteiger charge is -2.01. The van der Waals surface area contributed by atoms with Crippen LogP contribution in [-0.4, -0.2) is 4.98 Å². The van der Waals surface area contributed by atoms with Crippen molar-refractivity contribution in [1.82, 2.24) is 10.3 Å². The van der Waals surface area contributed by atoms with E-state index in [9.17, 15) is 0 Å². The van der Waals surface area contributed by atoms with Crippen LogP contribution in [0.25, 0.3) is 0 Å². The molecule has 0 aliphatic heterocycles. The molecule has 88 valence electrons. The Hall–Kier alpha value is -0.650. The summed E-state index contributed by atoms with van der Waals surface area (Å²) < 4.78 is 5.19. The molecule has 2 rings (SSSR count). The molecule has 0 aliphatic rings. The summed E-state index contributed by atoms with van der Waals surface area (Å²) in [6.45, 7) is 1.57. The fourth-order valence-electron chi connectivity index (χ4n) is 1.25. The number of nitrogens with one attached hydrogen (secondary N) is 1. The van der Waals surface area contributed by atoms with Crippen molar-refractivity contribution in [2.45, 2.75) is 13.1 Å². The molecule has 5 heteroatoms. The van der Waals surface area contributed by atoms with Crippen molar-refractivity contribution in [3.8, 4) is 0 Å². The Labute approximate surface area is 116 Å². The molecule has 1 N–H and O–H groups in total. The van der Waals surface area contributed by atoms with Gasteiger partial charge in [0.25, 0.3) is 0 Å². The van der Waals surface area contributed by atoms with Crippen LogP contribution in [0.1, 0.15) is 11.3 Å². The van der Waals surface area contributed by atoms with Crippen molar-refractivity contribution in [3.05, 3.63) is 54.2 Å². The van der Waals surface area contributed by atoms with Gasteiger partial charge >= 0.3 is 0 Å². The number of hydrogen-bond acceptors (Lipinski definition) is 3. The second-order valence-electron chi connectivity index (χ2n) is 3.04. The van der Waals surface area contributed by atoms with Crippen molar-refractivity contribution in [3.63, 3.8) is 0 Å². The number of halogens is 2. The molecule has 0 amide bonds. The van der Waals surface area contributed by atoms with Gasteiger partial charge in [-0.1, -0.05) is 6.07 Å². The lowest BCUT2D eigenvalue weighted by Crippen LogP contribution is -2.12. The number of aromatic nitrogens is 1. The summed E-state index contributed by atoms with van der Waals surface area (Å²) in [6, 6.07) is 7.82. The van der Waals surface area contributed by atoms with E-state index < -0.39 is 0 Å². The summed E-state index contributed by atoms with van der Waals surface area (Å²) >= 11 is 0.